The summed E-state index contributed by atoms with van der Waals surface area (Å²) in [6.07, 6.45) is 1.04. The number of Topliss-reactive ketones (excluding diaryl/α,β-unsaturated/α-hetero) is 2. The number of hydrogen-bond donors (Lipinski definition) is 6. The molecule has 13 nitrogen and oxygen atoms in total. The molecule has 3 aliphatic rings. The number of likely N-dealkylation sites (N-methyl/N-ethyl adjacent to an activating group) is 1. The van der Waals surface area contributed by atoms with E-state index in [-0.39, 0.29) is 36.1 Å². The first-order valence-electron chi connectivity index (χ1n) is 12.1. The van der Waals surface area contributed by atoms with Crippen molar-refractivity contribution in [2.45, 2.75) is 31.0 Å². The maximum atomic E-state index is 13.9. The molecule has 1 aromatic rings. The summed E-state index contributed by atoms with van der Waals surface area (Å²) < 4.78 is 25.6. The predicted molar refractivity (Wildman–Crippen MR) is 140 cm³/mol. The molecule has 0 saturated carbocycles. The lowest BCUT2D eigenvalue weighted by Crippen LogP contribution is -2.63. The zero-order valence-corrected chi connectivity index (χ0v) is 23.0. The van der Waals surface area contributed by atoms with Crippen LogP contribution in [-0.4, -0.2) is 97.3 Å². The van der Waals surface area contributed by atoms with Crippen molar-refractivity contribution >= 4 is 33.2 Å². The number of nitrogens with two attached hydrogens (primary N) is 1. The number of fused-ring (bicyclic) bond motifs is 3. The normalized spacial score (nSPS) is 26.9. The van der Waals surface area contributed by atoms with Crippen LogP contribution in [0.3, 0.4) is 0 Å². The Morgan fingerprint density at radius 2 is 1.79 bits per heavy atom. The number of allylic oxidation sites excluding steroid dienone is 1. The minimum atomic E-state index is -3.64. The van der Waals surface area contributed by atoms with Gasteiger partial charge in [0.2, 0.25) is 15.8 Å². The third kappa shape index (κ3) is 4.27. The third-order valence-electron chi connectivity index (χ3n) is 7.78. The van der Waals surface area contributed by atoms with Crippen LogP contribution in [0.25, 0.3) is 0 Å². The molecule has 0 radical (unpaired) electrons. The van der Waals surface area contributed by atoms with Crippen molar-refractivity contribution in [2.24, 2.45) is 17.6 Å². The first-order valence-corrected chi connectivity index (χ1v) is 14.0. The minimum absolute atomic E-state index is 0.0310. The van der Waals surface area contributed by atoms with Crippen molar-refractivity contribution < 1.29 is 43.2 Å². The molecule has 0 spiro atoms. The van der Waals surface area contributed by atoms with Crippen molar-refractivity contribution in [2.75, 3.05) is 39.3 Å². The number of sulfonamides is 1. The molecule has 4 atom stereocenters. The van der Waals surface area contributed by atoms with E-state index in [9.17, 15) is 43.2 Å². The fraction of sp³-hybridized carbons (Fsp3) is 0.480. The minimum Gasteiger partial charge on any atom is -0.510 e. The van der Waals surface area contributed by atoms with E-state index in [1.165, 1.54) is 4.90 Å². The van der Waals surface area contributed by atoms with Crippen LogP contribution in [-0.2, 0) is 32.6 Å². The molecule has 0 aromatic heterocycles. The Kier molecular flexibility index (Phi) is 6.83. The van der Waals surface area contributed by atoms with E-state index in [0.717, 1.165) is 6.26 Å². The number of ketones is 2. The lowest BCUT2D eigenvalue weighted by Gasteiger charge is -2.50. The molecule has 0 fully saturated rings. The topological polar surface area (TPSA) is 211 Å². The molecule has 212 valence electrons. The van der Waals surface area contributed by atoms with Gasteiger partial charge in [-0.25, -0.2) is 13.1 Å². The highest BCUT2D eigenvalue weighted by Gasteiger charge is 2.63. The molecule has 0 bridgehead atoms. The van der Waals surface area contributed by atoms with Gasteiger partial charge >= 0.3 is 0 Å². The van der Waals surface area contributed by atoms with Crippen molar-refractivity contribution in [1.82, 2.24) is 9.62 Å². The Bertz CT molecular complexity index is 1480. The van der Waals surface area contributed by atoms with Gasteiger partial charge in [-0.05, 0) is 44.5 Å². The van der Waals surface area contributed by atoms with Gasteiger partial charge in [0, 0.05) is 43.4 Å². The molecule has 1 amide bonds. The molecule has 7 N–H and O–H groups in total. The van der Waals surface area contributed by atoms with Crippen LogP contribution in [0.1, 0.15) is 27.9 Å². The van der Waals surface area contributed by atoms with Gasteiger partial charge in [-0.3, -0.25) is 19.3 Å². The van der Waals surface area contributed by atoms with Crippen LogP contribution in [0, 0.1) is 11.8 Å². The Morgan fingerprint density at radius 1 is 1.18 bits per heavy atom. The number of aliphatic hydroxyl groups is 3. The quantitative estimate of drug-likeness (QED) is 0.236. The number of rotatable bonds is 6. The summed E-state index contributed by atoms with van der Waals surface area (Å²) in [7, 11) is 2.90. The van der Waals surface area contributed by atoms with Gasteiger partial charge < -0.3 is 31.1 Å². The number of nitrogens with one attached hydrogen (secondary N) is 1. The number of aliphatic hydroxyl groups excluding tert-OH is 2. The molecular weight excluding hydrogens is 532 g/mol. The van der Waals surface area contributed by atoms with Crippen LogP contribution < -0.4 is 15.4 Å². The number of aromatic hydroxyl groups is 1. The summed E-state index contributed by atoms with van der Waals surface area (Å²) in [6, 6.07) is 0.481. The van der Waals surface area contributed by atoms with Crippen molar-refractivity contribution in [3.63, 3.8) is 0 Å². The second-order valence-corrected chi connectivity index (χ2v) is 12.5. The van der Waals surface area contributed by atoms with E-state index < -0.39 is 73.8 Å². The van der Waals surface area contributed by atoms with Gasteiger partial charge in [0.1, 0.15) is 22.8 Å². The van der Waals surface area contributed by atoms with E-state index in [1.54, 1.807) is 39.2 Å². The lowest BCUT2D eigenvalue weighted by molar-refractivity contribution is -0.148. The largest absolute Gasteiger partial charge is 0.510 e. The average Bonchev–Trinajstić information content (AvgIpc) is 2.79. The molecular formula is C25H32N4O9S. The smallest absolute Gasteiger partial charge is 0.255 e. The van der Waals surface area contributed by atoms with Gasteiger partial charge in [0.25, 0.3) is 5.91 Å². The zero-order chi connectivity index (χ0) is 29.4. The molecule has 0 unspecified atom stereocenters. The van der Waals surface area contributed by atoms with Gasteiger partial charge in [0.15, 0.2) is 11.4 Å². The van der Waals surface area contributed by atoms with Gasteiger partial charge in [-0.1, -0.05) is 0 Å². The van der Waals surface area contributed by atoms with E-state index in [2.05, 4.69) is 4.72 Å². The highest BCUT2D eigenvalue weighted by Crippen LogP contribution is 2.53. The fourth-order valence-electron chi connectivity index (χ4n) is 6.10. The summed E-state index contributed by atoms with van der Waals surface area (Å²) in [5.41, 5.74) is 2.33. The predicted octanol–water partition coefficient (Wildman–Crippen LogP) is -0.764. The van der Waals surface area contributed by atoms with Crippen LogP contribution >= 0.6 is 0 Å². The van der Waals surface area contributed by atoms with Crippen LogP contribution in [0.5, 0.6) is 5.75 Å². The molecule has 0 aliphatic heterocycles. The SMILES string of the molecule is CN(C)c1cc(CNS(C)(=O)=O)c(O)c2c1C[C@H]1C[C@@H]3[C@H](N(C)C)C(O)=C(C(N)=O)C(=O)[C@@]3(O)C(O)=C1C2=O. The lowest BCUT2D eigenvalue weighted by atomic mass is 9.58. The molecule has 14 heteroatoms. The maximum absolute atomic E-state index is 13.9. The second-order valence-electron chi connectivity index (χ2n) is 10.7. The first kappa shape index (κ1) is 28.5. The van der Waals surface area contributed by atoms with Crippen LogP contribution in [0.15, 0.2) is 28.7 Å². The zero-order valence-electron chi connectivity index (χ0n) is 22.1. The number of carbonyl (C=O) groups is 3. The number of phenolic OH excluding ortho intramolecular Hbond substituents is 1. The number of primary amides is 1. The van der Waals surface area contributed by atoms with E-state index in [4.69, 9.17) is 5.73 Å². The summed E-state index contributed by atoms with van der Waals surface area (Å²) in [6.45, 7) is -0.318. The number of benzene rings is 1. The Labute approximate surface area is 225 Å². The van der Waals surface area contributed by atoms with Crippen molar-refractivity contribution in [3.05, 3.63) is 45.4 Å². The molecule has 39 heavy (non-hydrogen) atoms. The standard InChI is InChI=1S/C25H32N4O9S/c1-28(2)14-8-11(9-27-39(5,37)38)19(30)16-12(14)6-10-7-13-18(29(3)4)21(32)17(24(26)35)23(34)25(13,36)22(33)15(10)20(16)31/h8,10,13,18,27,30,32-33,36H,6-7,9H2,1-5H3,(H2,26,35)/t10-,13+,18-,25-/m0/s1. The summed E-state index contributed by atoms with van der Waals surface area (Å²) >= 11 is 0. The summed E-state index contributed by atoms with van der Waals surface area (Å²) in [5.74, 6) is -7.40. The fourth-order valence-corrected chi connectivity index (χ4v) is 6.51. The van der Waals surface area contributed by atoms with Crippen molar-refractivity contribution in [3.8, 4) is 5.75 Å². The number of anilines is 1. The summed E-state index contributed by atoms with van der Waals surface area (Å²) in [5, 5.41) is 45.0. The van der Waals surface area contributed by atoms with Crippen LogP contribution in [0.2, 0.25) is 0 Å². The van der Waals surface area contributed by atoms with Gasteiger partial charge in [-0.2, -0.15) is 0 Å². The monoisotopic (exact) mass is 564 g/mol. The Balaban J connectivity index is 1.95. The number of carbonyl (C=O) groups excluding carboxylic acids is 3. The average molecular weight is 565 g/mol. The summed E-state index contributed by atoms with van der Waals surface area (Å²) in [4.78, 5) is 42.6. The van der Waals surface area contributed by atoms with E-state index >= 15 is 0 Å². The number of phenols is 1. The van der Waals surface area contributed by atoms with E-state index in [1.807, 2.05) is 0 Å². The highest BCUT2D eigenvalue weighted by molar-refractivity contribution is 7.88. The number of hydrogen-bond acceptors (Lipinski definition) is 11. The third-order valence-corrected chi connectivity index (χ3v) is 8.45. The molecule has 1 aromatic carbocycles. The van der Waals surface area contributed by atoms with Crippen molar-refractivity contribution in [1.29, 1.82) is 0 Å². The van der Waals surface area contributed by atoms with Gasteiger partial charge in [0.05, 0.1) is 17.9 Å². The molecule has 0 heterocycles. The van der Waals surface area contributed by atoms with Crippen LogP contribution in [0.4, 0.5) is 5.69 Å². The first-order chi connectivity index (χ1) is 17.9. The number of nitrogens with zero attached hydrogens (tertiary/aromatic N) is 2. The molecule has 3 aliphatic carbocycles. The molecule has 0 saturated heterocycles. The Morgan fingerprint density at radius 3 is 2.31 bits per heavy atom. The van der Waals surface area contributed by atoms with Gasteiger partial charge in [-0.15, -0.1) is 0 Å². The molecule has 4 rings (SSSR count). The maximum Gasteiger partial charge on any atom is 0.255 e. The second kappa shape index (κ2) is 9.33. The highest BCUT2D eigenvalue weighted by atomic mass is 32.2. The number of amides is 1. The van der Waals surface area contributed by atoms with E-state index in [0.29, 0.717) is 11.3 Å². The Hall–Kier alpha value is -3.46.